The van der Waals surface area contributed by atoms with Gasteiger partial charge in [0.25, 0.3) is 0 Å². The molecule has 22 heavy (non-hydrogen) atoms. The van der Waals surface area contributed by atoms with Gasteiger partial charge < -0.3 is 15.4 Å². The molecule has 0 spiro atoms. The number of benzene rings is 1. The predicted molar refractivity (Wildman–Crippen MR) is 93.8 cm³/mol. The zero-order valence-corrected chi connectivity index (χ0v) is 14.6. The highest BCUT2D eigenvalue weighted by molar-refractivity contribution is 6.30. The van der Waals surface area contributed by atoms with E-state index in [0.29, 0.717) is 24.7 Å². The molecule has 0 saturated carbocycles. The zero-order valence-electron chi connectivity index (χ0n) is 12.2. The van der Waals surface area contributed by atoms with Crippen LogP contribution in [-0.2, 0) is 4.79 Å². The number of rotatable bonds is 6. The van der Waals surface area contributed by atoms with E-state index in [1.165, 1.54) is 0 Å². The molecule has 0 aliphatic carbocycles. The maximum Gasteiger partial charge on any atom is 0.234 e. The van der Waals surface area contributed by atoms with Crippen LogP contribution >= 0.6 is 36.4 Å². The van der Waals surface area contributed by atoms with Crippen LogP contribution in [0.5, 0.6) is 5.75 Å². The third-order valence-corrected chi connectivity index (χ3v) is 3.34. The van der Waals surface area contributed by atoms with Crippen molar-refractivity contribution in [1.82, 2.24) is 15.5 Å². The molecule has 1 aromatic rings. The third kappa shape index (κ3) is 8.06. The summed E-state index contributed by atoms with van der Waals surface area (Å²) in [7, 11) is 0. The molecule has 1 amide bonds. The number of carbonyl (C=O) groups is 1. The van der Waals surface area contributed by atoms with Crippen molar-refractivity contribution < 1.29 is 9.53 Å². The minimum absolute atomic E-state index is 0. The van der Waals surface area contributed by atoms with Crippen molar-refractivity contribution in [2.45, 2.75) is 0 Å². The highest BCUT2D eigenvalue weighted by Gasteiger charge is 2.12. The summed E-state index contributed by atoms with van der Waals surface area (Å²) in [6.07, 6.45) is 0. The molecule has 0 atom stereocenters. The molecule has 1 fully saturated rings. The van der Waals surface area contributed by atoms with E-state index in [-0.39, 0.29) is 30.7 Å². The lowest BCUT2D eigenvalue weighted by Crippen LogP contribution is -2.47. The summed E-state index contributed by atoms with van der Waals surface area (Å²) < 4.78 is 5.50. The van der Waals surface area contributed by atoms with E-state index in [0.717, 1.165) is 31.9 Å². The van der Waals surface area contributed by atoms with E-state index < -0.39 is 0 Å². The van der Waals surface area contributed by atoms with Gasteiger partial charge in [-0.3, -0.25) is 9.69 Å². The number of nitrogens with zero attached hydrogens (tertiary/aromatic N) is 1. The quantitative estimate of drug-likeness (QED) is 0.747. The molecule has 2 rings (SSSR count). The number of hydrogen-bond acceptors (Lipinski definition) is 4. The van der Waals surface area contributed by atoms with Gasteiger partial charge in [0.1, 0.15) is 12.4 Å². The van der Waals surface area contributed by atoms with E-state index in [1.54, 1.807) is 12.1 Å². The SMILES string of the molecule is Cl.Cl.O=C(CN1CCNCC1)NCCOc1ccc(Cl)cc1. The molecule has 2 N–H and O–H groups in total. The number of amides is 1. The Labute approximate surface area is 148 Å². The minimum atomic E-state index is 0. The molecule has 1 aliphatic heterocycles. The fourth-order valence-electron chi connectivity index (χ4n) is 2.02. The summed E-state index contributed by atoms with van der Waals surface area (Å²) in [6, 6.07) is 7.18. The molecule has 0 bridgehead atoms. The van der Waals surface area contributed by atoms with Gasteiger partial charge in [0.2, 0.25) is 5.91 Å². The van der Waals surface area contributed by atoms with Gasteiger partial charge in [-0.15, -0.1) is 24.8 Å². The first-order chi connectivity index (χ1) is 9.74. The molecule has 0 radical (unpaired) electrons. The Balaban J connectivity index is 0.00000220. The second-order valence-corrected chi connectivity index (χ2v) is 5.11. The topological polar surface area (TPSA) is 53.6 Å². The fraction of sp³-hybridized carbons (Fsp3) is 0.500. The standard InChI is InChI=1S/C14H20ClN3O2.2ClH/c15-12-1-3-13(4-2-12)20-10-7-17-14(19)11-18-8-5-16-6-9-18;;/h1-4,16H,5-11H2,(H,17,19);2*1H. The number of halogens is 3. The first-order valence-corrected chi connectivity index (χ1v) is 7.20. The van der Waals surface area contributed by atoms with Crippen molar-refractivity contribution in [3.63, 3.8) is 0 Å². The van der Waals surface area contributed by atoms with Crippen LogP contribution in [0.4, 0.5) is 0 Å². The van der Waals surface area contributed by atoms with Crippen molar-refractivity contribution in [1.29, 1.82) is 0 Å². The zero-order chi connectivity index (χ0) is 14.2. The summed E-state index contributed by atoms with van der Waals surface area (Å²) in [5, 5.41) is 6.80. The number of carbonyl (C=O) groups excluding carboxylic acids is 1. The maximum atomic E-state index is 11.7. The number of piperazine rings is 1. The van der Waals surface area contributed by atoms with Gasteiger partial charge in [0.05, 0.1) is 13.1 Å². The lowest BCUT2D eigenvalue weighted by Gasteiger charge is -2.26. The Morgan fingerprint density at radius 2 is 1.86 bits per heavy atom. The maximum absolute atomic E-state index is 11.7. The molecule has 1 saturated heterocycles. The van der Waals surface area contributed by atoms with Gasteiger partial charge in [0, 0.05) is 31.2 Å². The van der Waals surface area contributed by atoms with Crippen LogP contribution in [0, 0.1) is 0 Å². The van der Waals surface area contributed by atoms with E-state index in [4.69, 9.17) is 16.3 Å². The predicted octanol–water partition coefficient (Wildman–Crippen LogP) is 1.58. The summed E-state index contributed by atoms with van der Waals surface area (Å²) in [6.45, 7) is 5.18. The van der Waals surface area contributed by atoms with E-state index in [2.05, 4.69) is 15.5 Å². The van der Waals surface area contributed by atoms with Gasteiger partial charge in [0.15, 0.2) is 0 Å². The van der Waals surface area contributed by atoms with E-state index in [9.17, 15) is 4.79 Å². The van der Waals surface area contributed by atoms with Gasteiger partial charge >= 0.3 is 0 Å². The molecule has 126 valence electrons. The van der Waals surface area contributed by atoms with Crippen LogP contribution in [0.2, 0.25) is 5.02 Å². The second kappa shape index (κ2) is 11.8. The molecule has 0 unspecified atom stereocenters. The molecular formula is C14H22Cl3N3O2. The second-order valence-electron chi connectivity index (χ2n) is 4.68. The molecule has 5 nitrogen and oxygen atoms in total. The smallest absolute Gasteiger partial charge is 0.234 e. The van der Waals surface area contributed by atoms with E-state index >= 15 is 0 Å². The molecule has 1 aromatic carbocycles. The van der Waals surface area contributed by atoms with Crippen molar-refractivity contribution in [2.24, 2.45) is 0 Å². The van der Waals surface area contributed by atoms with Gasteiger partial charge in [-0.05, 0) is 24.3 Å². The van der Waals surface area contributed by atoms with Crippen LogP contribution in [-0.4, -0.2) is 56.7 Å². The Kier molecular flexibility index (Phi) is 11.4. The monoisotopic (exact) mass is 369 g/mol. The number of ether oxygens (including phenoxy) is 1. The fourth-order valence-corrected chi connectivity index (χ4v) is 2.14. The lowest BCUT2D eigenvalue weighted by atomic mass is 10.3. The Morgan fingerprint density at radius 3 is 2.50 bits per heavy atom. The molecule has 0 aromatic heterocycles. The first-order valence-electron chi connectivity index (χ1n) is 6.82. The van der Waals surface area contributed by atoms with Gasteiger partial charge in [-0.2, -0.15) is 0 Å². The highest BCUT2D eigenvalue weighted by Crippen LogP contribution is 2.14. The number of hydrogen-bond donors (Lipinski definition) is 2. The minimum Gasteiger partial charge on any atom is -0.492 e. The van der Waals surface area contributed by atoms with E-state index in [1.807, 2.05) is 12.1 Å². The number of nitrogens with one attached hydrogen (secondary N) is 2. The summed E-state index contributed by atoms with van der Waals surface area (Å²) in [5.74, 6) is 0.803. The summed E-state index contributed by atoms with van der Waals surface area (Å²) in [4.78, 5) is 13.9. The third-order valence-electron chi connectivity index (χ3n) is 3.08. The van der Waals surface area contributed by atoms with Crippen LogP contribution < -0.4 is 15.4 Å². The van der Waals surface area contributed by atoms with Crippen LogP contribution in [0.3, 0.4) is 0 Å². The van der Waals surface area contributed by atoms with Crippen LogP contribution in [0.15, 0.2) is 24.3 Å². The highest BCUT2D eigenvalue weighted by atomic mass is 35.5. The average molecular weight is 371 g/mol. The molecule has 1 heterocycles. The van der Waals surface area contributed by atoms with Crippen molar-refractivity contribution in [3.8, 4) is 5.75 Å². The van der Waals surface area contributed by atoms with Gasteiger partial charge in [-0.25, -0.2) is 0 Å². The van der Waals surface area contributed by atoms with Crippen molar-refractivity contribution in [2.75, 3.05) is 45.9 Å². The van der Waals surface area contributed by atoms with Crippen molar-refractivity contribution in [3.05, 3.63) is 29.3 Å². The Bertz CT molecular complexity index is 426. The van der Waals surface area contributed by atoms with Crippen molar-refractivity contribution >= 4 is 42.3 Å². The Hall–Kier alpha value is -0.720. The summed E-state index contributed by atoms with van der Waals surface area (Å²) >= 11 is 5.79. The normalized spacial score (nSPS) is 14.4. The first kappa shape index (κ1) is 21.3. The van der Waals surface area contributed by atoms with Crippen LogP contribution in [0.25, 0.3) is 0 Å². The lowest BCUT2D eigenvalue weighted by molar-refractivity contribution is -0.122. The molecule has 1 aliphatic rings. The summed E-state index contributed by atoms with van der Waals surface area (Å²) in [5.41, 5.74) is 0. The largest absolute Gasteiger partial charge is 0.492 e. The average Bonchev–Trinajstić information content (AvgIpc) is 2.46. The Morgan fingerprint density at radius 1 is 1.23 bits per heavy atom. The van der Waals surface area contributed by atoms with Crippen LogP contribution in [0.1, 0.15) is 0 Å². The molecular weight excluding hydrogens is 349 g/mol. The molecule has 8 heteroatoms. The van der Waals surface area contributed by atoms with Gasteiger partial charge in [-0.1, -0.05) is 11.6 Å².